The fourth-order valence-corrected chi connectivity index (χ4v) is 1.87. The Hall–Kier alpha value is -0.600. The van der Waals surface area contributed by atoms with E-state index in [9.17, 15) is 4.39 Å². The van der Waals surface area contributed by atoms with Gasteiger partial charge in [-0.15, -0.1) is 0 Å². The molecule has 0 aliphatic carbocycles. The van der Waals surface area contributed by atoms with Crippen LogP contribution in [0.5, 0.6) is 0 Å². The molecule has 14 heavy (non-hydrogen) atoms. The van der Waals surface area contributed by atoms with Crippen molar-refractivity contribution in [1.29, 1.82) is 0 Å². The lowest BCUT2D eigenvalue weighted by Crippen LogP contribution is -2.31. The van der Waals surface area contributed by atoms with Crippen LogP contribution in [0.2, 0.25) is 5.02 Å². The van der Waals surface area contributed by atoms with Gasteiger partial charge in [0.05, 0.1) is 5.02 Å². The second-order valence-electron chi connectivity index (χ2n) is 4.21. The molecule has 0 amide bonds. The van der Waals surface area contributed by atoms with Crippen molar-refractivity contribution in [3.63, 3.8) is 0 Å². The molecule has 0 spiro atoms. The zero-order valence-corrected chi connectivity index (χ0v) is 9.67. The summed E-state index contributed by atoms with van der Waals surface area (Å²) in [6.45, 7) is 7.30. The van der Waals surface area contributed by atoms with Crippen molar-refractivity contribution in [2.24, 2.45) is 5.73 Å². The fourth-order valence-electron chi connectivity index (χ4n) is 1.61. The minimum absolute atomic E-state index is 0.140. The highest BCUT2D eigenvalue weighted by molar-refractivity contribution is 6.30. The van der Waals surface area contributed by atoms with Crippen LogP contribution in [-0.2, 0) is 5.54 Å². The van der Waals surface area contributed by atoms with Gasteiger partial charge in [0.2, 0.25) is 0 Å². The van der Waals surface area contributed by atoms with E-state index in [2.05, 4.69) is 0 Å². The number of aryl methyl sites for hydroxylation is 1. The number of benzene rings is 1. The normalized spacial score (nSPS) is 11.9. The monoisotopic (exact) mass is 215 g/mol. The first-order valence-corrected chi connectivity index (χ1v) is 4.87. The van der Waals surface area contributed by atoms with E-state index in [4.69, 9.17) is 17.3 Å². The standard InChI is InChI=1S/C11H15ClFN/c1-6-5-8(12)10(13)9(7(6)2)11(3,4)14/h5H,14H2,1-4H3. The number of hydrogen-bond donors (Lipinski definition) is 1. The number of halogens is 2. The second kappa shape index (κ2) is 3.52. The van der Waals surface area contributed by atoms with Gasteiger partial charge in [0, 0.05) is 11.1 Å². The SMILES string of the molecule is Cc1cc(Cl)c(F)c(C(C)(C)N)c1C. The highest BCUT2D eigenvalue weighted by Gasteiger charge is 2.24. The summed E-state index contributed by atoms with van der Waals surface area (Å²) in [5.41, 5.74) is 7.53. The Morgan fingerprint density at radius 1 is 1.36 bits per heavy atom. The van der Waals surface area contributed by atoms with E-state index in [0.717, 1.165) is 11.1 Å². The molecule has 0 atom stereocenters. The van der Waals surface area contributed by atoms with E-state index in [1.165, 1.54) is 0 Å². The van der Waals surface area contributed by atoms with Crippen molar-refractivity contribution in [3.8, 4) is 0 Å². The van der Waals surface area contributed by atoms with Gasteiger partial charge in [0.15, 0.2) is 0 Å². The lowest BCUT2D eigenvalue weighted by Gasteiger charge is -2.24. The molecule has 0 saturated carbocycles. The summed E-state index contributed by atoms with van der Waals surface area (Å²) >= 11 is 5.77. The average molecular weight is 216 g/mol. The molecule has 1 aromatic carbocycles. The van der Waals surface area contributed by atoms with Crippen molar-refractivity contribution in [3.05, 3.63) is 33.6 Å². The molecule has 0 unspecified atom stereocenters. The molecule has 1 nitrogen and oxygen atoms in total. The Kier molecular flexibility index (Phi) is 2.88. The van der Waals surface area contributed by atoms with Gasteiger partial charge < -0.3 is 5.73 Å². The summed E-state index contributed by atoms with van der Waals surface area (Å²) in [6.07, 6.45) is 0. The van der Waals surface area contributed by atoms with Crippen LogP contribution < -0.4 is 5.73 Å². The molecule has 0 radical (unpaired) electrons. The van der Waals surface area contributed by atoms with Gasteiger partial charge in [-0.05, 0) is 44.9 Å². The van der Waals surface area contributed by atoms with Crippen LogP contribution in [0.15, 0.2) is 6.07 Å². The third-order valence-corrected chi connectivity index (χ3v) is 2.66. The van der Waals surface area contributed by atoms with Gasteiger partial charge in [0.1, 0.15) is 5.82 Å². The molecule has 0 aliphatic heterocycles. The summed E-state index contributed by atoms with van der Waals surface area (Å²) < 4.78 is 13.7. The molecular formula is C11H15ClFN. The van der Waals surface area contributed by atoms with E-state index in [1.807, 2.05) is 13.8 Å². The van der Waals surface area contributed by atoms with Crippen molar-refractivity contribution in [2.45, 2.75) is 33.2 Å². The van der Waals surface area contributed by atoms with Crippen molar-refractivity contribution in [2.75, 3.05) is 0 Å². The van der Waals surface area contributed by atoms with Gasteiger partial charge in [0.25, 0.3) is 0 Å². The Labute approximate surface area is 89.1 Å². The Bertz CT molecular complexity index is 340. The Morgan fingerprint density at radius 2 is 1.86 bits per heavy atom. The molecule has 1 rings (SSSR count). The van der Waals surface area contributed by atoms with Crippen molar-refractivity contribution < 1.29 is 4.39 Å². The topological polar surface area (TPSA) is 26.0 Å². The molecule has 0 heterocycles. The lowest BCUT2D eigenvalue weighted by atomic mass is 9.89. The molecule has 0 saturated heterocycles. The van der Waals surface area contributed by atoms with E-state index >= 15 is 0 Å². The average Bonchev–Trinajstić information content (AvgIpc) is 1.98. The lowest BCUT2D eigenvalue weighted by molar-refractivity contribution is 0.497. The van der Waals surface area contributed by atoms with Gasteiger partial charge >= 0.3 is 0 Å². The fraction of sp³-hybridized carbons (Fsp3) is 0.455. The first-order chi connectivity index (χ1) is 6.25. The van der Waals surface area contributed by atoms with Crippen LogP contribution in [0, 0.1) is 19.7 Å². The van der Waals surface area contributed by atoms with Gasteiger partial charge in [-0.2, -0.15) is 0 Å². The smallest absolute Gasteiger partial charge is 0.147 e. The highest BCUT2D eigenvalue weighted by Crippen LogP contribution is 2.31. The van der Waals surface area contributed by atoms with Crippen molar-refractivity contribution >= 4 is 11.6 Å². The molecule has 0 fully saturated rings. The summed E-state index contributed by atoms with van der Waals surface area (Å²) in [6, 6.07) is 1.63. The minimum atomic E-state index is -0.705. The highest BCUT2D eigenvalue weighted by atomic mass is 35.5. The maximum atomic E-state index is 13.7. The van der Waals surface area contributed by atoms with Gasteiger partial charge in [-0.25, -0.2) is 4.39 Å². The quantitative estimate of drug-likeness (QED) is 0.765. The van der Waals surface area contributed by atoms with Crippen LogP contribution in [0.3, 0.4) is 0 Å². The third-order valence-electron chi connectivity index (χ3n) is 2.38. The van der Waals surface area contributed by atoms with Crippen LogP contribution in [0.25, 0.3) is 0 Å². The van der Waals surface area contributed by atoms with Crippen LogP contribution >= 0.6 is 11.6 Å². The maximum absolute atomic E-state index is 13.7. The Balaban J connectivity index is 3.56. The second-order valence-corrected chi connectivity index (χ2v) is 4.62. The summed E-state index contributed by atoms with van der Waals surface area (Å²) in [5, 5.41) is 0.140. The van der Waals surface area contributed by atoms with E-state index < -0.39 is 11.4 Å². The molecule has 1 aromatic rings. The van der Waals surface area contributed by atoms with Gasteiger partial charge in [-0.3, -0.25) is 0 Å². The third kappa shape index (κ3) is 1.91. The molecule has 2 N–H and O–H groups in total. The van der Waals surface area contributed by atoms with Crippen LogP contribution in [0.1, 0.15) is 30.5 Å². The van der Waals surface area contributed by atoms with Crippen LogP contribution in [-0.4, -0.2) is 0 Å². The first kappa shape index (κ1) is 11.5. The van der Waals surface area contributed by atoms with Crippen LogP contribution in [0.4, 0.5) is 4.39 Å². The number of rotatable bonds is 1. The molecule has 3 heteroatoms. The predicted octanol–water partition coefficient (Wildman–Crippen LogP) is 3.29. The summed E-state index contributed by atoms with van der Waals surface area (Å²) in [5.74, 6) is -0.401. The molecule has 0 aliphatic rings. The largest absolute Gasteiger partial charge is 0.322 e. The summed E-state index contributed by atoms with van der Waals surface area (Å²) in [7, 11) is 0. The van der Waals surface area contributed by atoms with E-state index in [-0.39, 0.29) is 5.02 Å². The predicted molar refractivity (Wildman–Crippen MR) is 58.1 cm³/mol. The Morgan fingerprint density at radius 3 is 2.29 bits per heavy atom. The number of nitrogens with two attached hydrogens (primary N) is 1. The minimum Gasteiger partial charge on any atom is -0.322 e. The molecule has 0 aromatic heterocycles. The maximum Gasteiger partial charge on any atom is 0.147 e. The zero-order valence-electron chi connectivity index (χ0n) is 8.91. The zero-order chi connectivity index (χ0) is 11.1. The molecule has 78 valence electrons. The van der Waals surface area contributed by atoms with Gasteiger partial charge in [-0.1, -0.05) is 11.6 Å². The first-order valence-electron chi connectivity index (χ1n) is 4.49. The van der Waals surface area contributed by atoms with E-state index in [1.54, 1.807) is 19.9 Å². The molecule has 0 bridgehead atoms. The van der Waals surface area contributed by atoms with Crippen molar-refractivity contribution in [1.82, 2.24) is 0 Å². The number of hydrogen-bond acceptors (Lipinski definition) is 1. The molecular weight excluding hydrogens is 201 g/mol. The summed E-state index contributed by atoms with van der Waals surface area (Å²) in [4.78, 5) is 0. The van der Waals surface area contributed by atoms with E-state index in [0.29, 0.717) is 5.56 Å².